The van der Waals surface area contributed by atoms with Crippen molar-refractivity contribution in [3.8, 4) is 17.2 Å². The molecule has 0 aromatic heterocycles. The molecule has 1 aliphatic heterocycles. The van der Waals surface area contributed by atoms with Crippen LogP contribution in [0, 0.1) is 0 Å². The molecule has 0 bridgehead atoms. The lowest BCUT2D eigenvalue weighted by molar-refractivity contribution is -0.277. The Morgan fingerprint density at radius 2 is 1.67 bits per heavy atom. The first-order chi connectivity index (χ1) is 14.3. The molecule has 0 amide bonds. The average Bonchev–Trinajstić information content (AvgIpc) is 2.74. The second-order valence-electron chi connectivity index (χ2n) is 6.94. The van der Waals surface area contributed by atoms with Crippen molar-refractivity contribution in [1.82, 2.24) is 0 Å². The van der Waals surface area contributed by atoms with Crippen LogP contribution >= 0.6 is 0 Å². The zero-order valence-electron chi connectivity index (χ0n) is 16.2. The van der Waals surface area contributed by atoms with Crippen molar-refractivity contribution in [3.05, 3.63) is 53.6 Å². The molecule has 30 heavy (non-hydrogen) atoms. The fraction of sp³-hybridized carbons (Fsp3) is 0.381. The summed E-state index contributed by atoms with van der Waals surface area (Å²) in [7, 11) is 1.55. The van der Waals surface area contributed by atoms with Crippen molar-refractivity contribution in [3.63, 3.8) is 0 Å². The number of methoxy groups -OCH3 is 1. The van der Waals surface area contributed by atoms with Crippen molar-refractivity contribution in [2.24, 2.45) is 0 Å². The van der Waals surface area contributed by atoms with E-state index in [0.29, 0.717) is 5.75 Å². The van der Waals surface area contributed by atoms with E-state index < -0.39 is 37.3 Å². The molecule has 9 nitrogen and oxygen atoms in total. The predicted octanol–water partition coefficient (Wildman–Crippen LogP) is 0.00490. The molecular formula is C21H24O9. The number of aromatic hydroxyl groups is 1. The molecule has 5 N–H and O–H groups in total. The molecule has 0 unspecified atom stereocenters. The highest BCUT2D eigenvalue weighted by Gasteiger charge is 2.44. The molecule has 0 aliphatic carbocycles. The molecule has 3 rings (SSSR count). The van der Waals surface area contributed by atoms with Gasteiger partial charge in [0.05, 0.1) is 19.3 Å². The highest BCUT2D eigenvalue weighted by molar-refractivity contribution is 6.00. The number of ketones is 1. The Labute approximate surface area is 172 Å². The third-order valence-electron chi connectivity index (χ3n) is 4.89. The lowest BCUT2D eigenvalue weighted by atomic mass is 9.99. The van der Waals surface area contributed by atoms with Crippen molar-refractivity contribution in [1.29, 1.82) is 0 Å². The highest BCUT2D eigenvalue weighted by Crippen LogP contribution is 2.29. The van der Waals surface area contributed by atoms with E-state index in [1.807, 2.05) is 0 Å². The molecule has 0 radical (unpaired) electrons. The second-order valence-corrected chi connectivity index (χ2v) is 6.94. The molecule has 162 valence electrons. The Morgan fingerprint density at radius 1 is 1.00 bits per heavy atom. The van der Waals surface area contributed by atoms with Gasteiger partial charge in [-0.25, -0.2) is 0 Å². The van der Waals surface area contributed by atoms with Gasteiger partial charge in [0.2, 0.25) is 6.29 Å². The fourth-order valence-corrected chi connectivity index (χ4v) is 3.14. The molecule has 9 heteroatoms. The first-order valence-corrected chi connectivity index (χ1v) is 9.30. The summed E-state index contributed by atoms with van der Waals surface area (Å²) in [6, 6.07) is 10.9. The number of aliphatic hydroxyl groups excluding tert-OH is 4. The summed E-state index contributed by atoms with van der Waals surface area (Å²) in [6.45, 7) is -0.588. The van der Waals surface area contributed by atoms with E-state index in [2.05, 4.69) is 0 Å². The Bertz CT molecular complexity index is 865. The van der Waals surface area contributed by atoms with Crippen LogP contribution in [0.15, 0.2) is 42.5 Å². The summed E-state index contributed by atoms with van der Waals surface area (Å²) < 4.78 is 15.8. The normalized spacial score (nSPS) is 26.2. The Morgan fingerprint density at radius 3 is 2.27 bits per heavy atom. The van der Waals surface area contributed by atoms with Gasteiger partial charge in [-0.15, -0.1) is 0 Å². The van der Waals surface area contributed by atoms with Gasteiger partial charge in [-0.3, -0.25) is 4.79 Å². The molecule has 1 aliphatic rings. The summed E-state index contributed by atoms with van der Waals surface area (Å²) in [4.78, 5) is 12.5. The van der Waals surface area contributed by atoms with Gasteiger partial charge >= 0.3 is 0 Å². The van der Waals surface area contributed by atoms with Crippen LogP contribution in [-0.2, 0) is 11.2 Å². The van der Waals surface area contributed by atoms with Crippen molar-refractivity contribution < 1.29 is 44.5 Å². The van der Waals surface area contributed by atoms with Gasteiger partial charge < -0.3 is 39.7 Å². The van der Waals surface area contributed by atoms with E-state index in [4.69, 9.17) is 14.2 Å². The number of phenolic OH excluding ortho intramolecular Hbond substituents is 1. The maximum absolute atomic E-state index is 12.5. The minimum atomic E-state index is -1.58. The van der Waals surface area contributed by atoms with E-state index in [1.54, 1.807) is 31.4 Å². The number of aliphatic hydroxyl groups is 4. The van der Waals surface area contributed by atoms with Crippen LogP contribution in [0.3, 0.4) is 0 Å². The van der Waals surface area contributed by atoms with Gasteiger partial charge in [0.15, 0.2) is 5.78 Å². The molecule has 0 saturated carbocycles. The molecule has 1 fully saturated rings. The monoisotopic (exact) mass is 420 g/mol. The summed E-state index contributed by atoms with van der Waals surface area (Å²) >= 11 is 0. The highest BCUT2D eigenvalue weighted by atomic mass is 16.7. The largest absolute Gasteiger partial charge is 0.507 e. The van der Waals surface area contributed by atoms with Gasteiger partial charge in [-0.1, -0.05) is 12.1 Å². The first-order valence-electron chi connectivity index (χ1n) is 9.30. The topological polar surface area (TPSA) is 146 Å². The van der Waals surface area contributed by atoms with Crippen LogP contribution in [0.1, 0.15) is 15.9 Å². The van der Waals surface area contributed by atoms with Crippen LogP contribution in [0.4, 0.5) is 0 Å². The van der Waals surface area contributed by atoms with Gasteiger partial charge in [0.1, 0.15) is 41.7 Å². The van der Waals surface area contributed by atoms with E-state index in [-0.39, 0.29) is 29.3 Å². The number of rotatable bonds is 7. The number of carbonyl (C=O) groups excluding carboxylic acids is 1. The Balaban J connectivity index is 1.69. The molecular weight excluding hydrogens is 396 g/mol. The minimum Gasteiger partial charge on any atom is -0.507 e. The number of ether oxygens (including phenoxy) is 3. The maximum atomic E-state index is 12.5. The first kappa shape index (κ1) is 22.0. The number of Topliss-reactive ketones (excluding diaryl/α,β-unsaturated/α-hetero) is 1. The lowest BCUT2D eigenvalue weighted by Gasteiger charge is -2.39. The Hall–Kier alpha value is -2.69. The third kappa shape index (κ3) is 4.72. The molecule has 1 heterocycles. The van der Waals surface area contributed by atoms with Gasteiger partial charge in [0.25, 0.3) is 0 Å². The van der Waals surface area contributed by atoms with Gasteiger partial charge in [-0.05, 0) is 29.8 Å². The number of benzene rings is 2. The summed E-state index contributed by atoms with van der Waals surface area (Å²) in [5.74, 6) is 0.106. The second kappa shape index (κ2) is 9.41. The maximum Gasteiger partial charge on any atom is 0.229 e. The number of hydrogen-bond acceptors (Lipinski definition) is 9. The number of phenols is 1. The molecule has 2 aromatic carbocycles. The molecule has 5 atom stereocenters. The summed E-state index contributed by atoms with van der Waals surface area (Å²) in [6.07, 6.45) is -7.10. The molecule has 0 spiro atoms. The number of hydrogen-bond donors (Lipinski definition) is 5. The standard InChI is InChI=1S/C21H24O9/c1-28-12-4-2-11(3-5-12)8-15(23)14-7-6-13(9-16(14)24)29-21-20(27)19(26)18(25)17(10-22)30-21/h2-7,9,17-22,24-27H,8,10H2,1H3/t17-,18+,19+,20+,21+/m0/s1. The SMILES string of the molecule is COc1ccc(CC(=O)c2ccc(O[C@@H]3O[C@@H](CO)[C@@H](O)[C@@H](O)[C@H]3O)cc2O)cc1. The van der Waals surface area contributed by atoms with Gasteiger partial charge in [-0.2, -0.15) is 0 Å². The third-order valence-corrected chi connectivity index (χ3v) is 4.89. The fourth-order valence-electron chi connectivity index (χ4n) is 3.14. The van der Waals surface area contributed by atoms with Crippen molar-refractivity contribution >= 4 is 5.78 Å². The van der Waals surface area contributed by atoms with Gasteiger partial charge in [0, 0.05) is 12.5 Å². The summed E-state index contributed by atoms with van der Waals surface area (Å²) in [5.41, 5.74) is 0.841. The van der Waals surface area contributed by atoms with E-state index >= 15 is 0 Å². The van der Waals surface area contributed by atoms with Crippen LogP contribution in [0.25, 0.3) is 0 Å². The van der Waals surface area contributed by atoms with Crippen LogP contribution < -0.4 is 9.47 Å². The van der Waals surface area contributed by atoms with E-state index in [0.717, 1.165) is 5.56 Å². The zero-order valence-corrected chi connectivity index (χ0v) is 16.2. The van der Waals surface area contributed by atoms with Crippen LogP contribution in [-0.4, -0.2) is 75.7 Å². The molecule has 1 saturated heterocycles. The van der Waals surface area contributed by atoms with Crippen LogP contribution in [0.5, 0.6) is 17.2 Å². The van der Waals surface area contributed by atoms with E-state index in [9.17, 15) is 30.3 Å². The smallest absolute Gasteiger partial charge is 0.229 e. The average molecular weight is 420 g/mol. The van der Waals surface area contributed by atoms with Crippen molar-refractivity contribution in [2.75, 3.05) is 13.7 Å². The minimum absolute atomic E-state index is 0.0674. The predicted molar refractivity (Wildman–Crippen MR) is 104 cm³/mol. The number of carbonyl (C=O) groups is 1. The lowest BCUT2D eigenvalue weighted by Crippen LogP contribution is -2.60. The quantitative estimate of drug-likeness (QED) is 0.391. The summed E-state index contributed by atoms with van der Waals surface area (Å²) in [5, 5.41) is 49.1. The molecule has 2 aromatic rings. The zero-order chi connectivity index (χ0) is 21.8. The van der Waals surface area contributed by atoms with E-state index in [1.165, 1.54) is 18.2 Å². The Kier molecular flexibility index (Phi) is 6.91. The van der Waals surface area contributed by atoms with Crippen molar-refractivity contribution in [2.45, 2.75) is 37.1 Å². The van der Waals surface area contributed by atoms with Crippen LogP contribution in [0.2, 0.25) is 0 Å².